The van der Waals surface area contributed by atoms with Gasteiger partial charge in [0.2, 0.25) is 0 Å². The number of rotatable bonds is 49. The first kappa shape index (κ1) is 61.1. The summed E-state index contributed by atoms with van der Waals surface area (Å²) >= 11 is 0. The molecule has 0 aromatic carbocycles. The Balaban J connectivity index is 4.41. The lowest BCUT2D eigenvalue weighted by molar-refractivity contribution is -0.167. The van der Waals surface area contributed by atoms with Crippen LogP contribution < -0.4 is 0 Å². The molecule has 370 valence electrons. The molecule has 6 heteroatoms. The molecule has 0 aromatic heterocycles. The number of hydrogen-bond donors (Lipinski definition) is 0. The minimum atomic E-state index is -0.785. The molecule has 6 nitrogen and oxygen atoms in total. The van der Waals surface area contributed by atoms with Gasteiger partial charge in [0, 0.05) is 19.3 Å². The van der Waals surface area contributed by atoms with E-state index in [0.29, 0.717) is 19.3 Å². The summed E-state index contributed by atoms with van der Waals surface area (Å²) in [4.78, 5) is 38.0. The number of carbonyl (C=O) groups is 3. The Hall–Kier alpha value is -2.89. The molecule has 1 atom stereocenters. The van der Waals surface area contributed by atoms with Gasteiger partial charge in [-0.15, -0.1) is 0 Å². The molecule has 0 fully saturated rings. The number of esters is 3. The molecule has 0 aromatic rings. The summed E-state index contributed by atoms with van der Waals surface area (Å²) in [5.74, 6) is -0.907. The number of allylic oxidation sites excluding steroid dienone is 10. The van der Waals surface area contributed by atoms with E-state index in [1.807, 2.05) is 0 Å². The predicted octanol–water partition coefficient (Wildman–Crippen LogP) is 18.0. The summed E-state index contributed by atoms with van der Waals surface area (Å²) in [5, 5.41) is 0. The second-order valence-corrected chi connectivity index (χ2v) is 18.2. The summed E-state index contributed by atoms with van der Waals surface area (Å²) < 4.78 is 16.8. The van der Waals surface area contributed by atoms with E-state index in [1.165, 1.54) is 141 Å². The highest BCUT2D eigenvalue weighted by atomic mass is 16.6. The lowest BCUT2D eigenvalue weighted by Crippen LogP contribution is -2.30. The van der Waals surface area contributed by atoms with E-state index >= 15 is 0 Å². The smallest absolute Gasteiger partial charge is 0.306 e. The zero-order valence-corrected chi connectivity index (χ0v) is 42.3. The monoisotopic (exact) mass is 895 g/mol. The first-order valence-electron chi connectivity index (χ1n) is 27.3. The summed E-state index contributed by atoms with van der Waals surface area (Å²) in [7, 11) is 0. The molecule has 0 aliphatic rings. The van der Waals surface area contributed by atoms with Gasteiger partial charge >= 0.3 is 17.9 Å². The standard InChI is InChI=1S/C58H102O6/c1-4-7-10-13-16-19-22-25-27-29-30-32-33-36-39-42-45-48-51-57(60)63-54-55(53-62-56(59)50-47-44-41-38-35-24-21-18-15-12-9-6-3)64-58(61)52-49-46-43-40-37-34-31-28-26-23-20-17-14-11-8-5-2/h16,18-19,21-22,25,27,29-30,32,55H,4-15,17,20,23-24,26,28,31,33-54H2,1-3H3/b19-16-,21-18-,25-22-,29-27-,32-30-. The highest BCUT2D eigenvalue weighted by Crippen LogP contribution is 2.16. The Morgan fingerprint density at radius 2 is 0.578 bits per heavy atom. The van der Waals surface area contributed by atoms with Crippen LogP contribution in [-0.4, -0.2) is 37.2 Å². The number of unbranched alkanes of at least 4 members (excludes halogenated alkanes) is 31. The van der Waals surface area contributed by atoms with E-state index in [0.717, 1.165) is 89.9 Å². The third-order valence-electron chi connectivity index (χ3n) is 11.8. The fourth-order valence-electron chi connectivity index (χ4n) is 7.68. The lowest BCUT2D eigenvalue weighted by Gasteiger charge is -2.18. The number of hydrogen-bond acceptors (Lipinski definition) is 6. The average Bonchev–Trinajstić information content (AvgIpc) is 3.29. The van der Waals surface area contributed by atoms with Gasteiger partial charge in [-0.2, -0.15) is 0 Å². The summed E-state index contributed by atoms with van der Waals surface area (Å²) in [6.07, 6.45) is 64.8. The molecule has 0 radical (unpaired) electrons. The Kier molecular flexibility index (Phi) is 50.4. The van der Waals surface area contributed by atoms with Crippen molar-refractivity contribution in [2.45, 2.75) is 277 Å². The molecule has 0 aliphatic carbocycles. The average molecular weight is 895 g/mol. The van der Waals surface area contributed by atoms with Crippen LogP contribution in [0.15, 0.2) is 60.8 Å². The summed E-state index contributed by atoms with van der Waals surface area (Å²) in [6, 6.07) is 0. The van der Waals surface area contributed by atoms with Gasteiger partial charge in [0.25, 0.3) is 0 Å². The molecule has 0 bridgehead atoms. The van der Waals surface area contributed by atoms with E-state index < -0.39 is 6.10 Å². The molecule has 0 aliphatic heterocycles. The SMILES string of the molecule is CCCCC\C=C/C=C\C=C/C=C\CCCCCCCC(=O)OCC(COC(=O)CCCCCCC/C=C\CCCCC)OC(=O)CCCCCCCCCCCCCCCCCC. The van der Waals surface area contributed by atoms with E-state index in [-0.39, 0.29) is 31.1 Å². The minimum Gasteiger partial charge on any atom is -0.462 e. The van der Waals surface area contributed by atoms with Crippen LogP contribution >= 0.6 is 0 Å². The van der Waals surface area contributed by atoms with Crippen molar-refractivity contribution in [2.75, 3.05) is 13.2 Å². The van der Waals surface area contributed by atoms with Gasteiger partial charge in [-0.25, -0.2) is 0 Å². The molecule has 0 saturated carbocycles. The second-order valence-electron chi connectivity index (χ2n) is 18.2. The molecule has 1 unspecified atom stereocenters. The molecular weight excluding hydrogens is 793 g/mol. The van der Waals surface area contributed by atoms with E-state index in [2.05, 4.69) is 81.5 Å². The van der Waals surface area contributed by atoms with Crippen LogP contribution in [0, 0.1) is 0 Å². The van der Waals surface area contributed by atoms with Crippen molar-refractivity contribution in [3.63, 3.8) is 0 Å². The Labute approximate surface area is 396 Å². The van der Waals surface area contributed by atoms with Crippen molar-refractivity contribution in [3.05, 3.63) is 60.8 Å². The second kappa shape index (κ2) is 52.7. The highest BCUT2D eigenvalue weighted by Gasteiger charge is 2.19. The van der Waals surface area contributed by atoms with E-state index in [9.17, 15) is 14.4 Å². The molecule has 0 saturated heterocycles. The van der Waals surface area contributed by atoms with Crippen molar-refractivity contribution < 1.29 is 28.6 Å². The van der Waals surface area contributed by atoms with Gasteiger partial charge in [-0.05, 0) is 70.6 Å². The maximum absolute atomic E-state index is 12.8. The van der Waals surface area contributed by atoms with Crippen LogP contribution in [0.3, 0.4) is 0 Å². The third-order valence-corrected chi connectivity index (χ3v) is 11.8. The van der Waals surface area contributed by atoms with E-state index in [4.69, 9.17) is 14.2 Å². The van der Waals surface area contributed by atoms with Crippen LogP contribution in [0.4, 0.5) is 0 Å². The topological polar surface area (TPSA) is 78.9 Å². The fraction of sp³-hybridized carbons (Fsp3) is 0.776. The molecule has 64 heavy (non-hydrogen) atoms. The largest absolute Gasteiger partial charge is 0.462 e. The molecule has 0 rings (SSSR count). The fourth-order valence-corrected chi connectivity index (χ4v) is 7.68. The number of carbonyl (C=O) groups excluding carboxylic acids is 3. The summed E-state index contributed by atoms with van der Waals surface area (Å²) in [6.45, 7) is 6.57. The van der Waals surface area contributed by atoms with Gasteiger partial charge in [-0.3, -0.25) is 14.4 Å². The third kappa shape index (κ3) is 50.1. The number of ether oxygens (including phenoxy) is 3. The van der Waals surface area contributed by atoms with Crippen LogP contribution in [0.25, 0.3) is 0 Å². The van der Waals surface area contributed by atoms with Crippen LogP contribution in [0.2, 0.25) is 0 Å². The zero-order valence-electron chi connectivity index (χ0n) is 42.3. The van der Waals surface area contributed by atoms with Crippen molar-refractivity contribution >= 4 is 17.9 Å². The zero-order chi connectivity index (χ0) is 46.5. The van der Waals surface area contributed by atoms with Gasteiger partial charge in [0.1, 0.15) is 13.2 Å². The maximum atomic E-state index is 12.8. The Bertz CT molecular complexity index is 1170. The van der Waals surface area contributed by atoms with Gasteiger partial charge in [0.05, 0.1) is 0 Å². The minimum absolute atomic E-state index is 0.0844. The normalized spacial score (nSPS) is 12.5. The first-order valence-corrected chi connectivity index (χ1v) is 27.3. The highest BCUT2D eigenvalue weighted by molar-refractivity contribution is 5.71. The van der Waals surface area contributed by atoms with Gasteiger partial charge in [0.15, 0.2) is 6.10 Å². The van der Waals surface area contributed by atoms with E-state index in [1.54, 1.807) is 0 Å². The van der Waals surface area contributed by atoms with Crippen molar-refractivity contribution in [3.8, 4) is 0 Å². The summed E-state index contributed by atoms with van der Waals surface area (Å²) in [5.41, 5.74) is 0. The predicted molar refractivity (Wildman–Crippen MR) is 275 cm³/mol. The van der Waals surface area contributed by atoms with Crippen LogP contribution in [-0.2, 0) is 28.6 Å². The van der Waals surface area contributed by atoms with Gasteiger partial charge in [-0.1, -0.05) is 242 Å². The van der Waals surface area contributed by atoms with Crippen molar-refractivity contribution in [1.82, 2.24) is 0 Å². The van der Waals surface area contributed by atoms with Crippen molar-refractivity contribution in [2.24, 2.45) is 0 Å². The lowest BCUT2D eigenvalue weighted by atomic mass is 10.0. The van der Waals surface area contributed by atoms with Gasteiger partial charge < -0.3 is 14.2 Å². The van der Waals surface area contributed by atoms with Crippen LogP contribution in [0.1, 0.15) is 271 Å². The molecule has 0 N–H and O–H groups in total. The molecule has 0 amide bonds. The van der Waals surface area contributed by atoms with Crippen LogP contribution in [0.5, 0.6) is 0 Å². The maximum Gasteiger partial charge on any atom is 0.306 e. The molecular formula is C58H102O6. The Morgan fingerprint density at radius 1 is 0.312 bits per heavy atom. The molecule has 0 heterocycles. The van der Waals surface area contributed by atoms with Crippen molar-refractivity contribution in [1.29, 1.82) is 0 Å². The quantitative estimate of drug-likeness (QED) is 0.0199. The molecule has 0 spiro atoms. The Morgan fingerprint density at radius 3 is 0.953 bits per heavy atom. The first-order chi connectivity index (χ1) is 31.5.